The van der Waals surface area contributed by atoms with Gasteiger partial charge in [0.25, 0.3) is 10.0 Å². The summed E-state index contributed by atoms with van der Waals surface area (Å²) in [5, 5.41) is 0. The summed E-state index contributed by atoms with van der Waals surface area (Å²) in [6.07, 6.45) is 2.37. The molecule has 0 spiro atoms. The van der Waals surface area contributed by atoms with Crippen LogP contribution in [0.5, 0.6) is 0 Å². The van der Waals surface area contributed by atoms with Crippen LogP contribution in [0, 0.1) is 0 Å². The standard InChI is InChI=1S/C11H12ClN3O2S2/c1-14-7-13-8-4-5-15(6-9(8)14)19(16,17)11-3-2-10(12)18-11/h2-3,7H,4-6H2,1H3. The van der Waals surface area contributed by atoms with Crippen LogP contribution in [-0.4, -0.2) is 28.8 Å². The average molecular weight is 318 g/mol. The predicted molar refractivity (Wildman–Crippen MR) is 73.8 cm³/mol. The van der Waals surface area contributed by atoms with Crippen LogP contribution >= 0.6 is 22.9 Å². The maximum Gasteiger partial charge on any atom is 0.252 e. The van der Waals surface area contributed by atoms with Crippen molar-refractivity contribution in [1.29, 1.82) is 0 Å². The number of aryl methyl sites for hydroxylation is 1. The van der Waals surface area contributed by atoms with Gasteiger partial charge in [0.1, 0.15) is 4.21 Å². The van der Waals surface area contributed by atoms with Crippen molar-refractivity contribution in [3.8, 4) is 0 Å². The molecule has 8 heteroatoms. The number of nitrogens with zero attached hydrogens (tertiary/aromatic N) is 3. The quantitative estimate of drug-likeness (QED) is 0.850. The summed E-state index contributed by atoms with van der Waals surface area (Å²) < 4.78 is 29.1. The van der Waals surface area contributed by atoms with Crippen molar-refractivity contribution in [1.82, 2.24) is 13.9 Å². The van der Waals surface area contributed by atoms with Crippen LogP contribution in [0.4, 0.5) is 0 Å². The third kappa shape index (κ3) is 2.20. The van der Waals surface area contributed by atoms with E-state index >= 15 is 0 Å². The SMILES string of the molecule is Cn1cnc2c1CN(S(=O)(=O)c1ccc(Cl)s1)CC2. The zero-order chi connectivity index (χ0) is 13.6. The Hall–Kier alpha value is -0.890. The molecule has 0 bridgehead atoms. The first kappa shape index (κ1) is 13.1. The number of rotatable bonds is 2. The van der Waals surface area contributed by atoms with Crippen LogP contribution in [0.1, 0.15) is 11.4 Å². The molecule has 0 saturated carbocycles. The lowest BCUT2D eigenvalue weighted by molar-refractivity contribution is 0.381. The number of hydrogen-bond donors (Lipinski definition) is 0. The molecular formula is C11H12ClN3O2S2. The highest BCUT2D eigenvalue weighted by molar-refractivity contribution is 7.91. The minimum Gasteiger partial charge on any atom is -0.336 e. The highest BCUT2D eigenvalue weighted by atomic mass is 35.5. The lowest BCUT2D eigenvalue weighted by atomic mass is 10.2. The van der Waals surface area contributed by atoms with Crippen molar-refractivity contribution in [3.63, 3.8) is 0 Å². The number of halogens is 1. The molecule has 0 saturated heterocycles. The fourth-order valence-electron chi connectivity index (χ4n) is 2.16. The van der Waals surface area contributed by atoms with Gasteiger partial charge in [0, 0.05) is 20.0 Å². The molecule has 2 aromatic heterocycles. The molecule has 5 nitrogen and oxygen atoms in total. The average Bonchev–Trinajstić information content (AvgIpc) is 2.97. The molecule has 2 aromatic rings. The Morgan fingerprint density at radius 1 is 1.42 bits per heavy atom. The topological polar surface area (TPSA) is 55.2 Å². The summed E-state index contributed by atoms with van der Waals surface area (Å²) in [5.74, 6) is 0. The van der Waals surface area contributed by atoms with Gasteiger partial charge in [-0.25, -0.2) is 13.4 Å². The molecule has 0 radical (unpaired) electrons. The van der Waals surface area contributed by atoms with E-state index in [0.29, 0.717) is 28.1 Å². The van der Waals surface area contributed by atoms with Gasteiger partial charge in [0.15, 0.2) is 0 Å². The third-order valence-electron chi connectivity index (χ3n) is 3.21. The number of aromatic nitrogens is 2. The Morgan fingerprint density at radius 3 is 2.89 bits per heavy atom. The molecule has 0 aromatic carbocycles. The van der Waals surface area contributed by atoms with Crippen LogP contribution in [0.15, 0.2) is 22.7 Å². The summed E-state index contributed by atoms with van der Waals surface area (Å²) in [6.45, 7) is 0.825. The summed E-state index contributed by atoms with van der Waals surface area (Å²) >= 11 is 6.90. The fraction of sp³-hybridized carbons (Fsp3) is 0.364. The second kappa shape index (κ2) is 4.59. The molecule has 1 aliphatic rings. The number of fused-ring (bicyclic) bond motifs is 1. The van der Waals surface area contributed by atoms with Crippen LogP contribution in [-0.2, 0) is 30.0 Å². The smallest absolute Gasteiger partial charge is 0.252 e. The van der Waals surface area contributed by atoms with Crippen LogP contribution < -0.4 is 0 Å². The van der Waals surface area contributed by atoms with Crippen LogP contribution in [0.25, 0.3) is 0 Å². The van der Waals surface area contributed by atoms with Crippen LogP contribution in [0.3, 0.4) is 0 Å². The molecule has 3 rings (SSSR count). The number of hydrogen-bond acceptors (Lipinski definition) is 4. The minimum absolute atomic E-state index is 0.295. The highest BCUT2D eigenvalue weighted by Crippen LogP contribution is 2.30. The van der Waals surface area contributed by atoms with Gasteiger partial charge in [-0.2, -0.15) is 4.31 Å². The van der Waals surface area contributed by atoms with E-state index in [1.807, 2.05) is 11.6 Å². The van der Waals surface area contributed by atoms with Crippen molar-refractivity contribution < 1.29 is 8.42 Å². The monoisotopic (exact) mass is 317 g/mol. The lowest BCUT2D eigenvalue weighted by Gasteiger charge is -2.25. The van der Waals surface area contributed by atoms with Crippen molar-refractivity contribution in [3.05, 3.63) is 34.2 Å². The van der Waals surface area contributed by atoms with E-state index in [2.05, 4.69) is 4.98 Å². The Balaban J connectivity index is 1.94. The lowest BCUT2D eigenvalue weighted by Crippen LogP contribution is -2.36. The maximum atomic E-state index is 12.5. The molecular weight excluding hydrogens is 306 g/mol. The third-order valence-corrected chi connectivity index (χ3v) is 6.76. The molecule has 0 atom stereocenters. The molecule has 0 unspecified atom stereocenters. The van der Waals surface area contributed by atoms with Crippen molar-refractivity contribution >= 4 is 33.0 Å². The molecule has 0 aliphatic carbocycles. The molecule has 0 N–H and O–H groups in total. The van der Waals surface area contributed by atoms with E-state index < -0.39 is 10.0 Å². The fourth-order valence-corrected chi connectivity index (χ4v) is 5.20. The van der Waals surface area contributed by atoms with E-state index in [9.17, 15) is 8.42 Å². The van der Waals surface area contributed by atoms with Crippen LogP contribution in [0.2, 0.25) is 4.34 Å². The summed E-state index contributed by atoms with van der Waals surface area (Å²) in [4.78, 5) is 4.27. The van der Waals surface area contributed by atoms with E-state index in [-0.39, 0.29) is 0 Å². The first-order valence-electron chi connectivity index (χ1n) is 5.73. The van der Waals surface area contributed by atoms with Gasteiger partial charge in [-0.15, -0.1) is 11.3 Å². The van der Waals surface area contributed by atoms with Crippen molar-refractivity contribution in [2.75, 3.05) is 6.54 Å². The van der Waals surface area contributed by atoms with E-state index in [4.69, 9.17) is 11.6 Å². The van der Waals surface area contributed by atoms with E-state index in [0.717, 1.165) is 22.7 Å². The van der Waals surface area contributed by atoms with Gasteiger partial charge in [-0.05, 0) is 12.1 Å². The number of imidazole rings is 1. The van der Waals surface area contributed by atoms with Gasteiger partial charge in [-0.1, -0.05) is 11.6 Å². The molecule has 0 fully saturated rings. The first-order chi connectivity index (χ1) is 8.98. The van der Waals surface area contributed by atoms with Gasteiger partial charge in [0.2, 0.25) is 0 Å². The molecule has 102 valence electrons. The summed E-state index contributed by atoms with van der Waals surface area (Å²) in [6, 6.07) is 3.17. The summed E-state index contributed by atoms with van der Waals surface area (Å²) in [7, 11) is -1.57. The second-order valence-corrected chi connectivity index (χ2v) is 8.28. The van der Waals surface area contributed by atoms with E-state index in [1.165, 1.54) is 4.31 Å². The molecule has 1 aliphatic heterocycles. The number of sulfonamides is 1. The molecule has 19 heavy (non-hydrogen) atoms. The molecule has 3 heterocycles. The Bertz CT molecular complexity index is 720. The predicted octanol–water partition coefficient (Wildman–Crippen LogP) is 1.88. The van der Waals surface area contributed by atoms with Crippen molar-refractivity contribution in [2.45, 2.75) is 17.2 Å². The zero-order valence-corrected chi connectivity index (χ0v) is 12.6. The Kier molecular flexibility index (Phi) is 3.17. The van der Waals surface area contributed by atoms with Gasteiger partial charge in [0.05, 0.1) is 28.6 Å². The zero-order valence-electron chi connectivity index (χ0n) is 10.2. The van der Waals surface area contributed by atoms with Gasteiger partial charge >= 0.3 is 0 Å². The van der Waals surface area contributed by atoms with E-state index in [1.54, 1.807) is 18.5 Å². The number of thiophene rings is 1. The Labute approximate surface area is 120 Å². The highest BCUT2D eigenvalue weighted by Gasteiger charge is 2.31. The Morgan fingerprint density at radius 2 is 2.21 bits per heavy atom. The van der Waals surface area contributed by atoms with Gasteiger partial charge < -0.3 is 4.57 Å². The minimum atomic E-state index is -3.45. The maximum absolute atomic E-state index is 12.5. The van der Waals surface area contributed by atoms with Gasteiger partial charge in [-0.3, -0.25) is 0 Å². The largest absolute Gasteiger partial charge is 0.336 e. The normalized spacial score (nSPS) is 16.5. The molecule has 0 amide bonds. The first-order valence-corrected chi connectivity index (χ1v) is 8.36. The van der Waals surface area contributed by atoms with Crippen molar-refractivity contribution in [2.24, 2.45) is 7.05 Å². The second-order valence-electron chi connectivity index (χ2n) is 4.40. The summed E-state index contributed by atoms with van der Waals surface area (Å²) in [5.41, 5.74) is 1.94.